The summed E-state index contributed by atoms with van der Waals surface area (Å²) in [7, 11) is 0. The van der Waals surface area contributed by atoms with Crippen molar-refractivity contribution in [3.8, 4) is 0 Å². The molecule has 112 valence electrons. The van der Waals surface area contributed by atoms with Crippen LogP contribution in [0.5, 0.6) is 0 Å². The molecular formula is C19H25NS. The summed E-state index contributed by atoms with van der Waals surface area (Å²) in [5.74, 6) is 0. The van der Waals surface area contributed by atoms with Gasteiger partial charge in [-0.05, 0) is 67.5 Å². The van der Waals surface area contributed by atoms with Crippen LogP contribution in [0.2, 0.25) is 0 Å². The molecule has 1 N–H and O–H groups in total. The van der Waals surface area contributed by atoms with E-state index >= 15 is 0 Å². The minimum Gasteiger partial charge on any atom is -0.306 e. The molecular weight excluding hydrogens is 274 g/mol. The second-order valence-electron chi connectivity index (χ2n) is 5.50. The van der Waals surface area contributed by atoms with Gasteiger partial charge in [0, 0.05) is 4.90 Å². The molecule has 0 aromatic heterocycles. The predicted octanol–water partition coefficient (Wildman–Crippen LogP) is 5.11. The van der Waals surface area contributed by atoms with E-state index in [9.17, 15) is 0 Å². The summed E-state index contributed by atoms with van der Waals surface area (Å²) in [6, 6.07) is 16.0. The van der Waals surface area contributed by atoms with Crippen molar-refractivity contribution in [3.63, 3.8) is 0 Å². The van der Waals surface area contributed by atoms with Crippen molar-refractivity contribution < 1.29 is 0 Å². The van der Waals surface area contributed by atoms with Crippen LogP contribution in [0.15, 0.2) is 47.4 Å². The minimum atomic E-state index is 0.278. The Morgan fingerprint density at radius 1 is 0.952 bits per heavy atom. The van der Waals surface area contributed by atoms with Crippen molar-refractivity contribution >= 4 is 11.8 Å². The third-order valence-corrected chi connectivity index (χ3v) is 4.66. The molecule has 2 aromatic rings. The van der Waals surface area contributed by atoms with Gasteiger partial charge in [-0.1, -0.05) is 37.3 Å². The van der Waals surface area contributed by atoms with Crippen LogP contribution in [-0.4, -0.2) is 12.8 Å². The standard InChI is InChI=1S/C19H25NS/c1-5-12-20-19(16-8-10-18(21-4)11-9-16)17-7-6-14(2)15(3)13-17/h6-11,13,19-20H,5,12H2,1-4H3. The molecule has 0 heterocycles. The Balaban J connectivity index is 2.33. The molecule has 0 spiro atoms. The van der Waals surface area contributed by atoms with Crippen LogP contribution in [0.25, 0.3) is 0 Å². The molecule has 1 atom stereocenters. The van der Waals surface area contributed by atoms with Crippen LogP contribution < -0.4 is 5.32 Å². The molecule has 0 bridgehead atoms. The van der Waals surface area contributed by atoms with E-state index in [4.69, 9.17) is 0 Å². The molecule has 0 aliphatic heterocycles. The van der Waals surface area contributed by atoms with Crippen molar-refractivity contribution in [3.05, 3.63) is 64.7 Å². The first-order chi connectivity index (χ1) is 10.2. The predicted molar refractivity (Wildman–Crippen MR) is 94.3 cm³/mol. The fourth-order valence-electron chi connectivity index (χ4n) is 2.46. The second-order valence-corrected chi connectivity index (χ2v) is 6.38. The van der Waals surface area contributed by atoms with Gasteiger partial charge < -0.3 is 5.32 Å². The highest BCUT2D eigenvalue weighted by molar-refractivity contribution is 7.98. The van der Waals surface area contributed by atoms with Crippen molar-refractivity contribution in [2.75, 3.05) is 12.8 Å². The van der Waals surface area contributed by atoms with Gasteiger partial charge in [0.15, 0.2) is 0 Å². The summed E-state index contributed by atoms with van der Waals surface area (Å²) in [4.78, 5) is 1.31. The van der Waals surface area contributed by atoms with Gasteiger partial charge in [-0.25, -0.2) is 0 Å². The summed E-state index contributed by atoms with van der Waals surface area (Å²) < 4.78 is 0. The van der Waals surface area contributed by atoms with Crippen LogP contribution in [0, 0.1) is 13.8 Å². The smallest absolute Gasteiger partial charge is 0.0576 e. The molecule has 1 nitrogen and oxygen atoms in total. The maximum absolute atomic E-state index is 3.68. The number of hydrogen-bond donors (Lipinski definition) is 1. The van der Waals surface area contributed by atoms with Gasteiger partial charge in [0.25, 0.3) is 0 Å². The number of benzene rings is 2. The maximum atomic E-state index is 3.68. The number of nitrogens with one attached hydrogen (secondary N) is 1. The maximum Gasteiger partial charge on any atom is 0.0576 e. The van der Waals surface area contributed by atoms with E-state index in [0.717, 1.165) is 13.0 Å². The fraction of sp³-hybridized carbons (Fsp3) is 0.368. The van der Waals surface area contributed by atoms with Gasteiger partial charge in [-0.2, -0.15) is 0 Å². The highest BCUT2D eigenvalue weighted by atomic mass is 32.2. The Morgan fingerprint density at radius 2 is 1.62 bits per heavy atom. The quantitative estimate of drug-likeness (QED) is 0.743. The molecule has 2 aromatic carbocycles. The Kier molecular flexibility index (Phi) is 5.89. The van der Waals surface area contributed by atoms with Gasteiger partial charge in [-0.3, -0.25) is 0 Å². The second kappa shape index (κ2) is 7.67. The lowest BCUT2D eigenvalue weighted by molar-refractivity contribution is 0.598. The lowest BCUT2D eigenvalue weighted by atomic mass is 9.95. The number of thioether (sulfide) groups is 1. The number of hydrogen-bond acceptors (Lipinski definition) is 2. The van der Waals surface area contributed by atoms with Crippen LogP contribution in [0.4, 0.5) is 0 Å². The third kappa shape index (κ3) is 4.12. The monoisotopic (exact) mass is 299 g/mol. The van der Waals surface area contributed by atoms with Crippen LogP contribution in [-0.2, 0) is 0 Å². The van der Waals surface area contributed by atoms with Crippen LogP contribution >= 0.6 is 11.8 Å². The van der Waals surface area contributed by atoms with E-state index in [1.54, 1.807) is 11.8 Å². The molecule has 0 aliphatic rings. The molecule has 0 saturated carbocycles. The Bertz CT molecular complexity index is 575. The van der Waals surface area contributed by atoms with Crippen molar-refractivity contribution in [2.24, 2.45) is 0 Å². The van der Waals surface area contributed by atoms with Gasteiger partial charge in [0.2, 0.25) is 0 Å². The van der Waals surface area contributed by atoms with E-state index in [-0.39, 0.29) is 6.04 Å². The fourth-order valence-corrected chi connectivity index (χ4v) is 2.87. The number of rotatable bonds is 6. The summed E-state index contributed by atoms with van der Waals surface area (Å²) >= 11 is 1.79. The van der Waals surface area contributed by atoms with E-state index in [0.29, 0.717) is 0 Å². The minimum absolute atomic E-state index is 0.278. The van der Waals surface area contributed by atoms with Gasteiger partial charge in [0.05, 0.1) is 6.04 Å². The summed E-state index contributed by atoms with van der Waals surface area (Å²) in [6.07, 6.45) is 3.26. The molecule has 2 heteroatoms. The van der Waals surface area contributed by atoms with Crippen LogP contribution in [0.3, 0.4) is 0 Å². The first-order valence-corrected chi connectivity index (χ1v) is 8.82. The Labute approximate surface area is 133 Å². The summed E-state index contributed by atoms with van der Waals surface area (Å²) in [5.41, 5.74) is 5.40. The first kappa shape index (κ1) is 16.1. The molecule has 0 amide bonds. The highest BCUT2D eigenvalue weighted by Gasteiger charge is 2.13. The summed E-state index contributed by atoms with van der Waals surface area (Å²) in [6.45, 7) is 7.59. The third-order valence-electron chi connectivity index (χ3n) is 3.91. The van der Waals surface area contributed by atoms with Gasteiger partial charge in [-0.15, -0.1) is 11.8 Å². The zero-order valence-electron chi connectivity index (χ0n) is 13.4. The molecule has 0 saturated heterocycles. The molecule has 21 heavy (non-hydrogen) atoms. The average molecular weight is 299 g/mol. The molecule has 2 rings (SSSR count). The van der Waals surface area contributed by atoms with Crippen molar-refractivity contribution in [1.29, 1.82) is 0 Å². The normalized spacial score (nSPS) is 12.4. The zero-order valence-corrected chi connectivity index (χ0v) is 14.3. The molecule has 1 unspecified atom stereocenters. The highest BCUT2D eigenvalue weighted by Crippen LogP contribution is 2.26. The SMILES string of the molecule is CCCNC(c1ccc(SC)cc1)c1ccc(C)c(C)c1. The first-order valence-electron chi connectivity index (χ1n) is 7.60. The van der Waals surface area contributed by atoms with Crippen molar-refractivity contribution in [2.45, 2.75) is 38.1 Å². The Hall–Kier alpha value is -1.25. The molecule has 0 fully saturated rings. The molecule has 0 aliphatic carbocycles. The van der Waals surface area contributed by atoms with E-state index < -0.39 is 0 Å². The van der Waals surface area contributed by atoms with E-state index in [2.05, 4.69) is 74.8 Å². The van der Waals surface area contributed by atoms with Crippen molar-refractivity contribution in [1.82, 2.24) is 5.32 Å². The molecule has 0 radical (unpaired) electrons. The summed E-state index contributed by atoms with van der Waals surface area (Å²) in [5, 5.41) is 3.68. The topological polar surface area (TPSA) is 12.0 Å². The largest absolute Gasteiger partial charge is 0.306 e. The number of aryl methyl sites for hydroxylation is 2. The Morgan fingerprint density at radius 3 is 2.19 bits per heavy atom. The lowest BCUT2D eigenvalue weighted by Gasteiger charge is -2.21. The van der Waals surface area contributed by atoms with Gasteiger partial charge in [0.1, 0.15) is 0 Å². The van der Waals surface area contributed by atoms with E-state index in [1.807, 2.05) is 0 Å². The van der Waals surface area contributed by atoms with E-state index in [1.165, 1.54) is 27.1 Å². The average Bonchev–Trinajstić information content (AvgIpc) is 2.51. The zero-order chi connectivity index (χ0) is 15.2. The van der Waals surface area contributed by atoms with Crippen LogP contribution in [0.1, 0.15) is 41.6 Å². The lowest BCUT2D eigenvalue weighted by Crippen LogP contribution is -2.23. The van der Waals surface area contributed by atoms with Gasteiger partial charge >= 0.3 is 0 Å².